The molecule has 0 aliphatic rings. The van der Waals surface area contributed by atoms with Crippen molar-refractivity contribution in [1.29, 1.82) is 0 Å². The van der Waals surface area contributed by atoms with Gasteiger partial charge in [-0.15, -0.1) is 0 Å². The van der Waals surface area contributed by atoms with E-state index in [1.165, 1.54) is 0 Å². The fourth-order valence-electron chi connectivity index (χ4n) is 0.698. The molecule has 0 heterocycles. The van der Waals surface area contributed by atoms with E-state index in [2.05, 4.69) is 0 Å². The molecule has 3 heteroatoms. The van der Waals surface area contributed by atoms with Crippen molar-refractivity contribution in [1.82, 2.24) is 0 Å². The molecule has 0 aromatic rings. The van der Waals surface area contributed by atoms with Crippen LogP contribution in [0.3, 0.4) is 0 Å². The van der Waals surface area contributed by atoms with Gasteiger partial charge in [0.25, 0.3) is 0 Å². The molecule has 0 amide bonds. The summed E-state index contributed by atoms with van der Waals surface area (Å²) in [6.45, 7) is 3.22. The molecule has 0 rings (SSSR count). The molecule has 0 aromatic heterocycles. The first-order valence-electron chi connectivity index (χ1n) is 3.45. The molecule has 0 atom stereocenters. The first kappa shape index (κ1) is 9.88. The van der Waals surface area contributed by atoms with Crippen molar-refractivity contribution in [2.45, 2.75) is 13.8 Å². The van der Waals surface area contributed by atoms with Gasteiger partial charge in [0.05, 0.1) is 19.8 Å². The maximum absolute atomic E-state index is 8.83. The van der Waals surface area contributed by atoms with E-state index in [1.807, 2.05) is 13.8 Å². The van der Waals surface area contributed by atoms with Crippen molar-refractivity contribution < 1.29 is 15.3 Å². The van der Waals surface area contributed by atoms with Gasteiger partial charge in [0.2, 0.25) is 0 Å². The minimum absolute atomic E-state index is 0.0903. The second kappa shape index (κ2) is 3.91. The Morgan fingerprint density at radius 1 is 1.00 bits per heavy atom. The minimum Gasteiger partial charge on any atom is -0.396 e. The lowest BCUT2D eigenvalue weighted by atomic mass is 9.79. The van der Waals surface area contributed by atoms with Gasteiger partial charge in [0, 0.05) is 5.41 Å². The average Bonchev–Trinajstić information content (AvgIpc) is 1.92. The number of rotatable bonds is 4. The topological polar surface area (TPSA) is 60.7 Å². The number of hydrogen-bond donors (Lipinski definition) is 3. The van der Waals surface area contributed by atoms with Crippen molar-refractivity contribution in [2.75, 3.05) is 19.8 Å². The molecule has 0 unspecified atom stereocenters. The van der Waals surface area contributed by atoms with E-state index in [1.54, 1.807) is 0 Å². The lowest BCUT2D eigenvalue weighted by molar-refractivity contribution is -0.0277. The number of aliphatic hydroxyl groups excluding tert-OH is 3. The van der Waals surface area contributed by atoms with Gasteiger partial charge >= 0.3 is 0 Å². The smallest absolute Gasteiger partial charge is 0.0534 e. The molecule has 3 nitrogen and oxygen atoms in total. The molecule has 3 N–H and O–H groups in total. The first-order chi connectivity index (χ1) is 4.63. The lowest BCUT2D eigenvalue weighted by Crippen LogP contribution is -2.38. The SMILES string of the molecule is CC(C)C(CO)(CO)CO. The Kier molecular flexibility index (Phi) is 3.86. The Morgan fingerprint density at radius 3 is 1.30 bits per heavy atom. The summed E-state index contributed by atoms with van der Waals surface area (Å²) in [7, 11) is 0. The Labute approximate surface area is 61.3 Å². The summed E-state index contributed by atoms with van der Waals surface area (Å²) in [5, 5.41) is 26.5. The maximum atomic E-state index is 8.83. The molecule has 62 valence electrons. The van der Waals surface area contributed by atoms with Crippen molar-refractivity contribution in [3.63, 3.8) is 0 Å². The highest BCUT2D eigenvalue weighted by molar-refractivity contribution is 4.79. The average molecular weight is 148 g/mol. The van der Waals surface area contributed by atoms with Crippen LogP contribution in [-0.4, -0.2) is 35.1 Å². The predicted octanol–water partition coefficient (Wildman–Crippen LogP) is -0.394. The second-order valence-corrected chi connectivity index (χ2v) is 2.99. The third kappa shape index (κ3) is 1.68. The van der Waals surface area contributed by atoms with Gasteiger partial charge in [0.15, 0.2) is 0 Å². The highest BCUT2D eigenvalue weighted by atomic mass is 16.3. The molecule has 0 aliphatic carbocycles. The summed E-state index contributed by atoms with van der Waals surface area (Å²) >= 11 is 0. The van der Waals surface area contributed by atoms with Crippen molar-refractivity contribution in [3.05, 3.63) is 0 Å². The van der Waals surface area contributed by atoms with Crippen LogP contribution in [0, 0.1) is 11.3 Å². The molecule has 0 aromatic carbocycles. The van der Waals surface area contributed by atoms with Crippen molar-refractivity contribution >= 4 is 0 Å². The first-order valence-corrected chi connectivity index (χ1v) is 3.45. The Hall–Kier alpha value is -0.120. The van der Waals surface area contributed by atoms with Crippen LogP contribution >= 0.6 is 0 Å². The summed E-state index contributed by atoms with van der Waals surface area (Å²) < 4.78 is 0. The Bertz CT molecular complexity index is 78.6. The molecular weight excluding hydrogens is 132 g/mol. The third-order valence-electron chi connectivity index (χ3n) is 2.17. The molecule has 0 radical (unpaired) electrons. The van der Waals surface area contributed by atoms with Gasteiger partial charge in [-0.1, -0.05) is 13.8 Å². The van der Waals surface area contributed by atoms with E-state index in [9.17, 15) is 0 Å². The number of aliphatic hydroxyl groups is 3. The summed E-state index contributed by atoms with van der Waals surface area (Å²) in [6.07, 6.45) is 0. The minimum atomic E-state index is -0.708. The quantitative estimate of drug-likeness (QED) is 0.508. The van der Waals surface area contributed by atoms with Crippen LogP contribution in [-0.2, 0) is 0 Å². The molecule has 10 heavy (non-hydrogen) atoms. The predicted molar refractivity (Wildman–Crippen MR) is 38.5 cm³/mol. The summed E-state index contributed by atoms with van der Waals surface area (Å²) in [5.74, 6) is 0.0903. The third-order valence-corrected chi connectivity index (χ3v) is 2.17. The van der Waals surface area contributed by atoms with Gasteiger partial charge in [0.1, 0.15) is 0 Å². The van der Waals surface area contributed by atoms with Gasteiger partial charge < -0.3 is 15.3 Å². The van der Waals surface area contributed by atoms with E-state index >= 15 is 0 Å². The van der Waals surface area contributed by atoms with Crippen molar-refractivity contribution in [2.24, 2.45) is 11.3 Å². The normalized spacial score (nSPS) is 12.6. The summed E-state index contributed by atoms with van der Waals surface area (Å²) in [6, 6.07) is 0. The van der Waals surface area contributed by atoms with Gasteiger partial charge in [-0.3, -0.25) is 0 Å². The largest absolute Gasteiger partial charge is 0.396 e. The summed E-state index contributed by atoms with van der Waals surface area (Å²) in [4.78, 5) is 0. The monoisotopic (exact) mass is 148 g/mol. The molecule has 0 spiro atoms. The standard InChI is InChI=1S/C7H16O3/c1-6(2)7(3-8,4-9)5-10/h6,8-10H,3-5H2,1-2H3. The van der Waals surface area contributed by atoms with Crippen LogP contribution in [0.25, 0.3) is 0 Å². The van der Waals surface area contributed by atoms with E-state index in [0.29, 0.717) is 0 Å². The van der Waals surface area contributed by atoms with Crippen LogP contribution in [0.2, 0.25) is 0 Å². The molecule has 0 bridgehead atoms. The molecule has 0 saturated carbocycles. The Morgan fingerprint density at radius 2 is 1.30 bits per heavy atom. The summed E-state index contributed by atoms with van der Waals surface area (Å²) in [5.41, 5.74) is -0.708. The van der Waals surface area contributed by atoms with Crippen LogP contribution in [0.4, 0.5) is 0 Å². The van der Waals surface area contributed by atoms with Crippen LogP contribution < -0.4 is 0 Å². The lowest BCUT2D eigenvalue weighted by Gasteiger charge is -2.31. The van der Waals surface area contributed by atoms with E-state index in [4.69, 9.17) is 15.3 Å². The Balaban J connectivity index is 4.15. The van der Waals surface area contributed by atoms with Gasteiger partial charge in [-0.25, -0.2) is 0 Å². The molecule has 0 fully saturated rings. The van der Waals surface area contributed by atoms with Crippen LogP contribution in [0.5, 0.6) is 0 Å². The van der Waals surface area contributed by atoms with Gasteiger partial charge in [-0.05, 0) is 5.92 Å². The maximum Gasteiger partial charge on any atom is 0.0534 e. The van der Waals surface area contributed by atoms with Crippen LogP contribution in [0.15, 0.2) is 0 Å². The van der Waals surface area contributed by atoms with E-state index < -0.39 is 5.41 Å². The second-order valence-electron chi connectivity index (χ2n) is 2.99. The zero-order valence-corrected chi connectivity index (χ0v) is 6.54. The van der Waals surface area contributed by atoms with Gasteiger partial charge in [-0.2, -0.15) is 0 Å². The molecule has 0 saturated heterocycles. The fraction of sp³-hybridized carbons (Fsp3) is 1.00. The highest BCUT2D eigenvalue weighted by Gasteiger charge is 2.31. The zero-order valence-electron chi connectivity index (χ0n) is 6.54. The fourth-order valence-corrected chi connectivity index (χ4v) is 0.698. The molecule has 0 aliphatic heterocycles. The number of hydrogen-bond acceptors (Lipinski definition) is 3. The van der Waals surface area contributed by atoms with Crippen LogP contribution in [0.1, 0.15) is 13.8 Å². The van der Waals surface area contributed by atoms with Crippen molar-refractivity contribution in [3.8, 4) is 0 Å². The highest BCUT2D eigenvalue weighted by Crippen LogP contribution is 2.25. The van der Waals surface area contributed by atoms with E-state index in [0.717, 1.165) is 0 Å². The molecular formula is C7H16O3. The van der Waals surface area contributed by atoms with E-state index in [-0.39, 0.29) is 25.7 Å². The zero-order chi connectivity index (χ0) is 8.20.